The Morgan fingerprint density at radius 2 is 1.95 bits per heavy atom. The number of benzene rings is 1. The summed E-state index contributed by atoms with van der Waals surface area (Å²) < 4.78 is 39.9. The average Bonchev–Trinajstić information content (AvgIpc) is 2.37. The highest BCUT2D eigenvalue weighted by Crippen LogP contribution is 2.25. The number of carbonyl (C=O) groups is 1. The lowest BCUT2D eigenvalue weighted by molar-refractivity contribution is -0.128. The Kier molecular flexibility index (Phi) is 5.68. The van der Waals surface area contributed by atoms with Gasteiger partial charge in [-0.2, -0.15) is 4.31 Å². The molecule has 118 valence electrons. The Hall–Kier alpha value is -1.67. The first-order valence-corrected chi connectivity index (χ1v) is 7.90. The van der Waals surface area contributed by atoms with E-state index in [1.54, 1.807) is 6.92 Å². The maximum Gasteiger partial charge on any atom is 0.248 e. The van der Waals surface area contributed by atoms with E-state index in [2.05, 4.69) is 0 Å². The summed E-state index contributed by atoms with van der Waals surface area (Å²) in [5, 5.41) is 0. The van der Waals surface area contributed by atoms with E-state index >= 15 is 0 Å². The highest BCUT2D eigenvalue weighted by Gasteiger charge is 2.30. The molecule has 1 aromatic carbocycles. The van der Waals surface area contributed by atoms with Crippen LogP contribution < -0.4 is 5.73 Å². The second kappa shape index (κ2) is 6.86. The third-order valence-electron chi connectivity index (χ3n) is 2.88. The number of halogens is 1. The Balaban J connectivity index is 3.25. The first kappa shape index (κ1) is 17.4. The third-order valence-corrected chi connectivity index (χ3v) is 4.82. The number of hydrogen-bond donors (Lipinski definition) is 1. The zero-order chi connectivity index (χ0) is 16.2. The molecule has 0 aromatic heterocycles. The first-order chi connectivity index (χ1) is 9.71. The Labute approximate surface area is 124 Å². The van der Waals surface area contributed by atoms with Gasteiger partial charge in [0.1, 0.15) is 10.7 Å². The lowest BCUT2D eigenvalue weighted by Gasteiger charge is -2.23. The number of hydrogen-bond acceptors (Lipinski definition) is 4. The number of nitrogen functional groups attached to an aromatic ring is 1. The summed E-state index contributed by atoms with van der Waals surface area (Å²) in [5.74, 6) is -1.31. The van der Waals surface area contributed by atoms with Crippen LogP contribution >= 0.6 is 0 Å². The fourth-order valence-electron chi connectivity index (χ4n) is 1.75. The fraction of sp³-hybridized carbons (Fsp3) is 0.462. The van der Waals surface area contributed by atoms with Crippen molar-refractivity contribution in [3.05, 3.63) is 24.0 Å². The monoisotopic (exact) mass is 317 g/mol. The van der Waals surface area contributed by atoms with Crippen LogP contribution in [0.25, 0.3) is 0 Å². The van der Waals surface area contributed by atoms with Crippen LogP contribution in [-0.4, -0.2) is 50.7 Å². The van der Waals surface area contributed by atoms with E-state index in [0.717, 1.165) is 10.4 Å². The van der Waals surface area contributed by atoms with Crippen LogP contribution in [0.5, 0.6) is 0 Å². The second-order valence-corrected chi connectivity index (χ2v) is 6.66. The van der Waals surface area contributed by atoms with Crippen molar-refractivity contribution in [3.8, 4) is 0 Å². The standard InChI is InChI=1S/C13H20FN3O3S/c1-4-8-17(9-12(18)16(2)3)21(19,20)13-10(14)6-5-7-11(13)15/h5-7H,4,8-9,15H2,1-3H3. The quantitative estimate of drug-likeness (QED) is 0.790. The molecule has 1 rings (SSSR count). The minimum absolute atomic E-state index is 0.107. The van der Waals surface area contributed by atoms with Gasteiger partial charge in [-0.05, 0) is 18.6 Å². The predicted octanol–water partition coefficient (Wildman–Crippen LogP) is 0.897. The van der Waals surface area contributed by atoms with Crippen LogP contribution in [0.4, 0.5) is 10.1 Å². The van der Waals surface area contributed by atoms with E-state index in [0.29, 0.717) is 6.42 Å². The number of nitrogens with zero attached hydrogens (tertiary/aromatic N) is 2. The number of amides is 1. The highest BCUT2D eigenvalue weighted by molar-refractivity contribution is 7.89. The number of rotatable bonds is 6. The van der Waals surface area contributed by atoms with Crippen molar-refractivity contribution < 1.29 is 17.6 Å². The molecule has 0 heterocycles. The van der Waals surface area contributed by atoms with Crippen molar-refractivity contribution in [1.29, 1.82) is 0 Å². The van der Waals surface area contributed by atoms with Gasteiger partial charge in [0.15, 0.2) is 0 Å². The number of sulfonamides is 1. The molecule has 8 heteroatoms. The van der Waals surface area contributed by atoms with Crippen LogP contribution in [0.15, 0.2) is 23.1 Å². The molecule has 6 nitrogen and oxygen atoms in total. The molecule has 0 saturated heterocycles. The predicted molar refractivity (Wildman–Crippen MR) is 78.6 cm³/mol. The molecule has 0 spiro atoms. The molecule has 0 fully saturated rings. The van der Waals surface area contributed by atoms with Gasteiger partial charge in [0, 0.05) is 20.6 Å². The number of nitrogens with two attached hydrogens (primary N) is 1. The van der Waals surface area contributed by atoms with E-state index in [1.165, 1.54) is 31.1 Å². The summed E-state index contributed by atoms with van der Waals surface area (Å²) in [6.07, 6.45) is 0.494. The summed E-state index contributed by atoms with van der Waals surface area (Å²) in [4.78, 5) is 12.5. The summed E-state index contributed by atoms with van der Waals surface area (Å²) in [6.45, 7) is 1.53. The third kappa shape index (κ3) is 3.92. The van der Waals surface area contributed by atoms with Gasteiger partial charge in [-0.15, -0.1) is 0 Å². The minimum atomic E-state index is -4.17. The molecule has 0 radical (unpaired) electrons. The highest BCUT2D eigenvalue weighted by atomic mass is 32.2. The average molecular weight is 317 g/mol. The molecule has 1 amide bonds. The first-order valence-electron chi connectivity index (χ1n) is 6.46. The van der Waals surface area contributed by atoms with Crippen molar-refractivity contribution in [3.63, 3.8) is 0 Å². The van der Waals surface area contributed by atoms with Crippen LogP contribution in [0.3, 0.4) is 0 Å². The maximum absolute atomic E-state index is 13.9. The zero-order valence-electron chi connectivity index (χ0n) is 12.3. The second-order valence-electron chi connectivity index (χ2n) is 4.78. The largest absolute Gasteiger partial charge is 0.398 e. The topological polar surface area (TPSA) is 83.7 Å². The number of likely N-dealkylation sites (N-methyl/N-ethyl adjacent to an activating group) is 1. The summed E-state index contributed by atoms with van der Waals surface area (Å²) in [7, 11) is -1.12. The van der Waals surface area contributed by atoms with Gasteiger partial charge in [-0.25, -0.2) is 12.8 Å². The van der Waals surface area contributed by atoms with Crippen molar-refractivity contribution >= 4 is 21.6 Å². The molecule has 0 unspecified atom stereocenters. The normalized spacial score (nSPS) is 11.7. The summed E-state index contributed by atoms with van der Waals surface area (Å²) in [6, 6.07) is 3.67. The maximum atomic E-state index is 13.9. The van der Waals surface area contributed by atoms with Crippen LogP contribution in [-0.2, 0) is 14.8 Å². The van der Waals surface area contributed by atoms with Gasteiger partial charge in [0.2, 0.25) is 15.9 Å². The molecule has 0 aliphatic carbocycles. The van der Waals surface area contributed by atoms with E-state index in [-0.39, 0.29) is 24.7 Å². The molecule has 21 heavy (non-hydrogen) atoms. The molecule has 1 aromatic rings. The van der Waals surface area contributed by atoms with Gasteiger partial charge in [0.05, 0.1) is 12.2 Å². The van der Waals surface area contributed by atoms with Crippen molar-refractivity contribution in [1.82, 2.24) is 9.21 Å². The van der Waals surface area contributed by atoms with Crippen LogP contribution in [0.2, 0.25) is 0 Å². The molecule has 2 N–H and O–H groups in total. The van der Waals surface area contributed by atoms with Gasteiger partial charge in [-0.3, -0.25) is 4.79 Å². The van der Waals surface area contributed by atoms with Crippen molar-refractivity contribution in [2.75, 3.05) is 32.9 Å². The molecule has 0 aliphatic heterocycles. The van der Waals surface area contributed by atoms with Gasteiger partial charge >= 0.3 is 0 Å². The Bertz CT molecular complexity index is 597. The van der Waals surface area contributed by atoms with Crippen molar-refractivity contribution in [2.24, 2.45) is 0 Å². The number of carbonyl (C=O) groups excluding carboxylic acids is 1. The van der Waals surface area contributed by atoms with E-state index in [9.17, 15) is 17.6 Å². The lowest BCUT2D eigenvalue weighted by Crippen LogP contribution is -2.41. The zero-order valence-corrected chi connectivity index (χ0v) is 13.2. The van der Waals surface area contributed by atoms with Gasteiger partial charge in [-0.1, -0.05) is 13.0 Å². The molecule has 0 bridgehead atoms. The van der Waals surface area contributed by atoms with Crippen LogP contribution in [0.1, 0.15) is 13.3 Å². The molecular weight excluding hydrogens is 297 g/mol. The lowest BCUT2D eigenvalue weighted by atomic mass is 10.3. The number of anilines is 1. The van der Waals surface area contributed by atoms with E-state index in [4.69, 9.17) is 5.73 Å². The smallest absolute Gasteiger partial charge is 0.248 e. The summed E-state index contributed by atoms with van der Waals surface area (Å²) in [5.41, 5.74) is 5.42. The Morgan fingerprint density at radius 3 is 2.43 bits per heavy atom. The summed E-state index contributed by atoms with van der Waals surface area (Å²) >= 11 is 0. The molecular formula is C13H20FN3O3S. The Morgan fingerprint density at radius 1 is 1.33 bits per heavy atom. The van der Waals surface area contributed by atoms with E-state index in [1.807, 2.05) is 0 Å². The van der Waals surface area contributed by atoms with Gasteiger partial charge in [0.25, 0.3) is 0 Å². The molecule has 0 saturated carbocycles. The molecule has 0 aliphatic rings. The minimum Gasteiger partial charge on any atom is -0.398 e. The van der Waals surface area contributed by atoms with Gasteiger partial charge < -0.3 is 10.6 Å². The van der Waals surface area contributed by atoms with Crippen molar-refractivity contribution in [2.45, 2.75) is 18.2 Å². The van der Waals surface area contributed by atoms with Crippen LogP contribution in [0, 0.1) is 5.82 Å². The SMILES string of the molecule is CCCN(CC(=O)N(C)C)S(=O)(=O)c1c(N)cccc1F. The fourth-order valence-corrected chi connectivity index (χ4v) is 3.39. The molecule has 0 atom stereocenters. The van der Waals surface area contributed by atoms with E-state index < -0.39 is 20.7 Å².